The predicted molar refractivity (Wildman–Crippen MR) is 109 cm³/mol. The molecule has 4 heterocycles. The maximum atomic E-state index is 12.4. The summed E-state index contributed by atoms with van der Waals surface area (Å²) in [7, 11) is -0.967. The van der Waals surface area contributed by atoms with E-state index in [0.717, 1.165) is 71.8 Å². The van der Waals surface area contributed by atoms with Gasteiger partial charge >= 0.3 is 0 Å². The first-order valence-corrected chi connectivity index (χ1v) is 11.2. The van der Waals surface area contributed by atoms with Crippen LogP contribution in [-0.2, 0) is 17.2 Å². The Balaban J connectivity index is 1.41. The number of nitrogens with one attached hydrogen (secondary N) is 1. The van der Waals surface area contributed by atoms with E-state index in [9.17, 15) is 4.21 Å². The molecule has 27 heavy (non-hydrogen) atoms. The zero-order chi connectivity index (χ0) is 18.4. The number of hydrogen-bond donors (Lipinski definition) is 1. The summed E-state index contributed by atoms with van der Waals surface area (Å²) < 4.78 is 18.4. The summed E-state index contributed by atoms with van der Waals surface area (Å²) in [5.41, 5.74) is 3.24. The Morgan fingerprint density at radius 2 is 2.00 bits per heavy atom. The minimum absolute atomic E-state index is 0.551. The molecule has 0 unspecified atom stereocenters. The Hall–Kier alpha value is -1.79. The SMILES string of the molecule is O=[S@]1CCc2nc(N3CCC(c4ccc(Cl)cc4)CC3)c3c(c21)NCCO3. The molecule has 3 aliphatic heterocycles. The van der Waals surface area contributed by atoms with Crippen molar-refractivity contribution in [2.24, 2.45) is 0 Å². The van der Waals surface area contributed by atoms with Crippen LogP contribution in [0.5, 0.6) is 5.75 Å². The summed E-state index contributed by atoms with van der Waals surface area (Å²) in [5.74, 6) is 2.93. The van der Waals surface area contributed by atoms with Crippen molar-refractivity contribution in [2.75, 3.05) is 42.2 Å². The lowest BCUT2D eigenvalue weighted by atomic mass is 9.89. The van der Waals surface area contributed by atoms with Gasteiger partial charge in [-0.1, -0.05) is 23.7 Å². The predicted octanol–water partition coefficient (Wildman–Crippen LogP) is 3.59. The number of fused-ring (bicyclic) bond motifs is 3. The lowest BCUT2D eigenvalue weighted by Gasteiger charge is -2.35. The number of nitrogens with zero attached hydrogens (tertiary/aromatic N) is 2. The first kappa shape index (κ1) is 17.3. The molecule has 1 saturated heterocycles. The van der Waals surface area contributed by atoms with E-state index in [0.29, 0.717) is 18.3 Å². The summed E-state index contributed by atoms with van der Waals surface area (Å²) >= 11 is 6.02. The van der Waals surface area contributed by atoms with Gasteiger partial charge < -0.3 is 15.0 Å². The van der Waals surface area contributed by atoms with Crippen LogP contribution in [-0.4, -0.2) is 41.2 Å². The van der Waals surface area contributed by atoms with Crippen molar-refractivity contribution in [3.05, 3.63) is 40.5 Å². The van der Waals surface area contributed by atoms with Gasteiger partial charge in [-0.05, 0) is 36.5 Å². The zero-order valence-electron chi connectivity index (χ0n) is 15.0. The summed E-state index contributed by atoms with van der Waals surface area (Å²) in [6, 6.07) is 8.23. The highest BCUT2D eigenvalue weighted by atomic mass is 35.5. The average molecular weight is 404 g/mol. The zero-order valence-corrected chi connectivity index (χ0v) is 16.6. The van der Waals surface area contributed by atoms with Crippen LogP contribution >= 0.6 is 11.6 Å². The molecule has 1 atom stereocenters. The highest BCUT2D eigenvalue weighted by Crippen LogP contribution is 2.45. The van der Waals surface area contributed by atoms with Gasteiger partial charge in [0.2, 0.25) is 0 Å². The van der Waals surface area contributed by atoms with E-state index < -0.39 is 10.8 Å². The first-order valence-electron chi connectivity index (χ1n) is 9.53. The molecule has 0 radical (unpaired) electrons. The minimum atomic E-state index is -0.967. The monoisotopic (exact) mass is 403 g/mol. The second-order valence-corrected chi connectivity index (χ2v) is 9.25. The summed E-state index contributed by atoms with van der Waals surface area (Å²) in [5, 5.41) is 4.20. The van der Waals surface area contributed by atoms with E-state index in [4.69, 9.17) is 21.3 Å². The minimum Gasteiger partial charge on any atom is -0.486 e. The maximum absolute atomic E-state index is 12.4. The molecular formula is C20H22ClN3O2S. The summed E-state index contributed by atoms with van der Waals surface area (Å²) in [4.78, 5) is 8.10. The second kappa shape index (κ2) is 6.99. The van der Waals surface area contributed by atoms with E-state index in [1.807, 2.05) is 12.1 Å². The summed E-state index contributed by atoms with van der Waals surface area (Å²) in [6.45, 7) is 3.25. The van der Waals surface area contributed by atoms with Crippen LogP contribution in [0.15, 0.2) is 29.2 Å². The fraction of sp³-hybridized carbons (Fsp3) is 0.450. The molecule has 1 fully saturated rings. The molecule has 142 valence electrons. The number of piperidine rings is 1. The normalized spacial score (nSPS) is 22.0. The smallest absolute Gasteiger partial charge is 0.186 e. The van der Waals surface area contributed by atoms with E-state index >= 15 is 0 Å². The standard InChI is InChI=1S/C20H22ClN3O2S/c21-15-3-1-13(2-4-15)14-5-9-24(10-6-14)20-18-17(22-8-11-26-18)19-16(23-20)7-12-27(19)25/h1-4,14,22H,5-12H2/t27-/m0/s1. The molecule has 0 saturated carbocycles. The average Bonchev–Trinajstić information content (AvgIpc) is 3.09. The molecule has 5 rings (SSSR count). The van der Waals surface area contributed by atoms with Gasteiger partial charge in [0.1, 0.15) is 6.61 Å². The van der Waals surface area contributed by atoms with Crippen molar-refractivity contribution in [3.63, 3.8) is 0 Å². The number of hydrogen-bond acceptors (Lipinski definition) is 5. The quantitative estimate of drug-likeness (QED) is 0.830. The first-order chi connectivity index (χ1) is 13.2. The van der Waals surface area contributed by atoms with Gasteiger partial charge in [-0.25, -0.2) is 4.98 Å². The fourth-order valence-electron chi connectivity index (χ4n) is 4.29. The van der Waals surface area contributed by atoms with Crippen molar-refractivity contribution < 1.29 is 8.95 Å². The van der Waals surface area contributed by atoms with Crippen LogP contribution in [0.3, 0.4) is 0 Å². The number of aromatic nitrogens is 1. The van der Waals surface area contributed by atoms with Gasteiger partial charge in [0.05, 0.1) is 27.1 Å². The Kier molecular flexibility index (Phi) is 4.48. The van der Waals surface area contributed by atoms with Crippen molar-refractivity contribution in [2.45, 2.75) is 30.1 Å². The number of aryl methyl sites for hydroxylation is 1. The molecule has 0 amide bonds. The van der Waals surface area contributed by atoms with Crippen molar-refractivity contribution in [1.82, 2.24) is 4.98 Å². The van der Waals surface area contributed by atoms with Crippen LogP contribution in [0.2, 0.25) is 5.02 Å². The molecule has 0 aliphatic carbocycles. The van der Waals surface area contributed by atoms with E-state index in [-0.39, 0.29) is 0 Å². The van der Waals surface area contributed by atoms with Crippen LogP contribution in [0, 0.1) is 0 Å². The molecule has 1 N–H and O–H groups in total. The lowest BCUT2D eigenvalue weighted by molar-refractivity contribution is 0.319. The highest BCUT2D eigenvalue weighted by Gasteiger charge is 2.33. The van der Waals surface area contributed by atoms with Gasteiger partial charge in [-0.15, -0.1) is 0 Å². The topological polar surface area (TPSA) is 54.5 Å². The van der Waals surface area contributed by atoms with Crippen molar-refractivity contribution >= 4 is 33.9 Å². The van der Waals surface area contributed by atoms with Crippen LogP contribution in [0.25, 0.3) is 0 Å². The Bertz CT molecular complexity index is 895. The number of rotatable bonds is 2. The molecule has 1 aromatic carbocycles. The molecule has 0 bridgehead atoms. The van der Waals surface area contributed by atoms with Crippen LogP contribution < -0.4 is 15.0 Å². The molecular weight excluding hydrogens is 382 g/mol. The molecule has 2 aromatic rings. The van der Waals surface area contributed by atoms with Crippen LogP contribution in [0.1, 0.15) is 30.0 Å². The van der Waals surface area contributed by atoms with Crippen LogP contribution in [0.4, 0.5) is 11.5 Å². The number of halogens is 1. The molecule has 3 aliphatic rings. The Morgan fingerprint density at radius 3 is 2.78 bits per heavy atom. The lowest BCUT2D eigenvalue weighted by Crippen LogP contribution is -2.35. The molecule has 0 spiro atoms. The van der Waals surface area contributed by atoms with Gasteiger partial charge in [0.15, 0.2) is 11.6 Å². The van der Waals surface area contributed by atoms with Gasteiger partial charge in [0.25, 0.3) is 0 Å². The van der Waals surface area contributed by atoms with E-state index in [1.165, 1.54) is 5.56 Å². The molecule has 5 nitrogen and oxygen atoms in total. The second-order valence-electron chi connectivity index (χ2n) is 7.30. The van der Waals surface area contributed by atoms with E-state index in [2.05, 4.69) is 22.3 Å². The third-order valence-electron chi connectivity index (χ3n) is 5.70. The largest absolute Gasteiger partial charge is 0.486 e. The Labute approximate surface area is 166 Å². The summed E-state index contributed by atoms with van der Waals surface area (Å²) in [6.07, 6.45) is 2.94. The number of anilines is 2. The number of benzene rings is 1. The number of ether oxygens (including phenoxy) is 1. The van der Waals surface area contributed by atoms with E-state index in [1.54, 1.807) is 0 Å². The third kappa shape index (κ3) is 3.09. The Morgan fingerprint density at radius 1 is 1.22 bits per heavy atom. The van der Waals surface area contributed by atoms with Gasteiger partial charge in [-0.2, -0.15) is 0 Å². The third-order valence-corrected chi connectivity index (χ3v) is 7.42. The van der Waals surface area contributed by atoms with Crippen molar-refractivity contribution in [1.29, 1.82) is 0 Å². The molecule has 7 heteroatoms. The molecule has 1 aromatic heterocycles. The van der Waals surface area contributed by atoms with Gasteiger partial charge in [0, 0.05) is 36.8 Å². The fourth-order valence-corrected chi connectivity index (χ4v) is 5.81. The van der Waals surface area contributed by atoms with Gasteiger partial charge in [-0.3, -0.25) is 4.21 Å². The highest BCUT2D eigenvalue weighted by molar-refractivity contribution is 7.85. The number of pyridine rings is 1. The maximum Gasteiger partial charge on any atom is 0.186 e. The van der Waals surface area contributed by atoms with Crippen molar-refractivity contribution in [3.8, 4) is 5.75 Å².